The summed E-state index contributed by atoms with van der Waals surface area (Å²) in [4.78, 5) is 40.8. The second kappa shape index (κ2) is 16.0. The van der Waals surface area contributed by atoms with E-state index in [0.717, 1.165) is 10.5 Å². The molecule has 5 rings (SSSR count). The number of hydrogen-bond acceptors (Lipinski definition) is 5. The molecule has 0 spiro atoms. The lowest BCUT2D eigenvalue weighted by Gasteiger charge is -2.18. The third-order valence-electron chi connectivity index (χ3n) is 6.85. The number of halogens is 2. The van der Waals surface area contributed by atoms with Crippen LogP contribution in [0.1, 0.15) is 26.7 Å². The number of benzene rings is 5. The number of rotatable bonds is 11. The molecule has 3 N–H and O–H groups in total. The van der Waals surface area contributed by atoms with Crippen LogP contribution in [0.3, 0.4) is 0 Å². The zero-order chi connectivity index (χ0) is 33.2. The Bertz CT molecular complexity index is 1900. The number of thioether (sulfide) groups is 1. The molecule has 0 saturated heterocycles. The van der Waals surface area contributed by atoms with Gasteiger partial charge in [0.1, 0.15) is 16.7 Å². The summed E-state index contributed by atoms with van der Waals surface area (Å²) in [6.07, 6.45) is 1.47. The summed E-state index contributed by atoms with van der Waals surface area (Å²) in [6, 6.07) is 37.3. The Morgan fingerprint density at radius 2 is 1.43 bits per heavy atom. The van der Waals surface area contributed by atoms with Crippen molar-refractivity contribution >= 4 is 70.1 Å². The number of nitrogens with one attached hydrogen (secondary N) is 3. The van der Waals surface area contributed by atoms with Gasteiger partial charge < -0.3 is 20.7 Å². The molecule has 0 radical (unpaired) electrons. The van der Waals surface area contributed by atoms with Gasteiger partial charge in [-0.25, -0.2) is 0 Å². The van der Waals surface area contributed by atoms with E-state index in [1.54, 1.807) is 79.9 Å². The fourth-order valence-electron chi connectivity index (χ4n) is 4.49. The number of anilines is 2. The smallest absolute Gasteiger partial charge is 0.272 e. The molecule has 47 heavy (non-hydrogen) atoms. The van der Waals surface area contributed by atoms with Crippen LogP contribution in [0.15, 0.2) is 138 Å². The maximum Gasteiger partial charge on any atom is 0.272 e. The summed E-state index contributed by atoms with van der Waals surface area (Å²) in [6.45, 7) is 0. The van der Waals surface area contributed by atoms with E-state index in [2.05, 4.69) is 16.0 Å². The van der Waals surface area contributed by atoms with E-state index in [-0.39, 0.29) is 16.6 Å². The summed E-state index contributed by atoms with van der Waals surface area (Å²) in [5, 5.41) is 8.51. The second-order valence-electron chi connectivity index (χ2n) is 10.1. The van der Waals surface area contributed by atoms with Gasteiger partial charge in [-0.1, -0.05) is 89.9 Å². The summed E-state index contributed by atoms with van der Waals surface area (Å²) in [5.74, 6) is -0.588. The molecule has 0 fully saturated rings. The third kappa shape index (κ3) is 9.04. The lowest BCUT2D eigenvalue weighted by atomic mass is 10.1. The van der Waals surface area contributed by atoms with Gasteiger partial charge in [0.15, 0.2) is 0 Å². The van der Waals surface area contributed by atoms with Crippen LogP contribution in [0.2, 0.25) is 10.0 Å². The van der Waals surface area contributed by atoms with Gasteiger partial charge in [0.25, 0.3) is 11.8 Å². The first kappa shape index (κ1) is 33.3. The number of carbonyl (C=O) groups is 3. The number of ether oxygens (including phenoxy) is 1. The Labute approximate surface area is 287 Å². The first-order valence-corrected chi connectivity index (χ1v) is 16.0. The predicted molar refractivity (Wildman–Crippen MR) is 190 cm³/mol. The van der Waals surface area contributed by atoms with Gasteiger partial charge >= 0.3 is 0 Å². The summed E-state index contributed by atoms with van der Waals surface area (Å²) in [5.41, 5.74) is 2.75. The molecule has 10 heteroatoms. The van der Waals surface area contributed by atoms with Crippen molar-refractivity contribution in [2.45, 2.75) is 10.1 Å². The van der Waals surface area contributed by atoms with Crippen LogP contribution in [-0.4, -0.2) is 24.8 Å². The number of methoxy groups -OCH3 is 1. The van der Waals surface area contributed by atoms with Crippen LogP contribution in [-0.2, 0) is 9.59 Å². The summed E-state index contributed by atoms with van der Waals surface area (Å²) < 4.78 is 5.29. The van der Waals surface area contributed by atoms with Crippen LogP contribution in [0.4, 0.5) is 11.4 Å². The molecule has 0 saturated carbocycles. The van der Waals surface area contributed by atoms with E-state index >= 15 is 0 Å². The molecule has 0 aliphatic rings. The molecule has 0 aromatic heterocycles. The van der Waals surface area contributed by atoms with E-state index in [4.69, 9.17) is 27.9 Å². The van der Waals surface area contributed by atoms with Gasteiger partial charge in [-0.05, 0) is 71.8 Å². The highest BCUT2D eigenvalue weighted by molar-refractivity contribution is 8.00. The molecule has 5 aromatic rings. The zero-order valence-electron chi connectivity index (χ0n) is 25.1. The van der Waals surface area contributed by atoms with Crippen molar-refractivity contribution in [3.05, 3.63) is 160 Å². The quantitative estimate of drug-likeness (QED) is 0.0956. The Morgan fingerprint density at radius 3 is 2.13 bits per heavy atom. The summed E-state index contributed by atoms with van der Waals surface area (Å²) in [7, 11) is 1.57. The highest BCUT2D eigenvalue weighted by Crippen LogP contribution is 2.37. The monoisotopic (exact) mass is 681 g/mol. The SMILES string of the molecule is COc1cccc(NC(=O)C(Sc2ccc(NC(=O)/C(=C/c3cccc(Cl)c3Cl)NC(=O)c3ccccc3)cc2)c2ccccc2)c1. The molecular formula is C37H29Cl2N3O4S. The molecule has 0 aliphatic heterocycles. The maximum atomic E-state index is 13.5. The zero-order valence-corrected chi connectivity index (χ0v) is 27.4. The van der Waals surface area contributed by atoms with Crippen molar-refractivity contribution < 1.29 is 19.1 Å². The Hall–Kier alpha value is -5.02. The van der Waals surface area contributed by atoms with Gasteiger partial charge in [-0.15, -0.1) is 11.8 Å². The second-order valence-corrected chi connectivity index (χ2v) is 12.1. The highest BCUT2D eigenvalue weighted by atomic mass is 35.5. The van der Waals surface area contributed by atoms with Crippen molar-refractivity contribution in [3.63, 3.8) is 0 Å². The van der Waals surface area contributed by atoms with Crippen molar-refractivity contribution in [3.8, 4) is 5.75 Å². The topological polar surface area (TPSA) is 96.5 Å². The minimum Gasteiger partial charge on any atom is -0.497 e. The molecule has 5 aromatic carbocycles. The van der Waals surface area contributed by atoms with E-state index < -0.39 is 17.1 Å². The van der Waals surface area contributed by atoms with Gasteiger partial charge in [-0.3, -0.25) is 14.4 Å². The predicted octanol–water partition coefficient (Wildman–Crippen LogP) is 8.88. The van der Waals surface area contributed by atoms with Crippen LogP contribution < -0.4 is 20.7 Å². The standard InChI is InChI=1S/C37H29Cl2N3O4S/c1-46-29-16-9-15-28(23-29)41-37(45)34(24-10-4-2-5-11-24)47-30-20-18-27(19-21-30)40-36(44)32(22-26-14-8-17-31(38)33(26)39)42-35(43)25-12-6-3-7-13-25/h2-23,34H,1H3,(H,40,44)(H,41,45)(H,42,43)/b32-22-. The van der Waals surface area contributed by atoms with Crippen LogP contribution in [0.25, 0.3) is 6.08 Å². The molecule has 1 unspecified atom stereocenters. The molecule has 7 nitrogen and oxygen atoms in total. The molecule has 0 bridgehead atoms. The number of hydrogen-bond donors (Lipinski definition) is 3. The number of carbonyl (C=O) groups excluding carboxylic acids is 3. The fourth-order valence-corrected chi connectivity index (χ4v) is 5.88. The van der Waals surface area contributed by atoms with Crippen molar-refractivity contribution in [1.82, 2.24) is 5.32 Å². The number of amides is 3. The molecule has 236 valence electrons. The first-order valence-electron chi connectivity index (χ1n) is 14.4. The van der Waals surface area contributed by atoms with Crippen LogP contribution in [0.5, 0.6) is 5.75 Å². The van der Waals surface area contributed by atoms with Crippen molar-refractivity contribution in [2.75, 3.05) is 17.7 Å². The van der Waals surface area contributed by atoms with Gasteiger partial charge in [0.2, 0.25) is 5.91 Å². The minimum absolute atomic E-state index is 0.0279. The third-order valence-corrected chi connectivity index (χ3v) is 8.95. The van der Waals surface area contributed by atoms with E-state index in [1.807, 2.05) is 54.6 Å². The summed E-state index contributed by atoms with van der Waals surface area (Å²) >= 11 is 13.9. The average molecular weight is 683 g/mol. The Balaban J connectivity index is 1.34. The lowest BCUT2D eigenvalue weighted by Crippen LogP contribution is -2.30. The maximum absolute atomic E-state index is 13.5. The Kier molecular flexibility index (Phi) is 11.4. The average Bonchev–Trinajstić information content (AvgIpc) is 3.10. The molecule has 1 atom stereocenters. The fraction of sp³-hybridized carbons (Fsp3) is 0.0541. The lowest BCUT2D eigenvalue weighted by molar-refractivity contribution is -0.116. The molecule has 0 aliphatic carbocycles. The highest BCUT2D eigenvalue weighted by Gasteiger charge is 2.23. The van der Waals surface area contributed by atoms with Crippen molar-refractivity contribution in [2.24, 2.45) is 0 Å². The van der Waals surface area contributed by atoms with E-state index in [9.17, 15) is 14.4 Å². The molecule has 3 amide bonds. The minimum atomic E-state index is -0.564. The van der Waals surface area contributed by atoms with Gasteiger partial charge in [0.05, 0.1) is 17.2 Å². The van der Waals surface area contributed by atoms with Crippen LogP contribution >= 0.6 is 35.0 Å². The van der Waals surface area contributed by atoms with Crippen LogP contribution in [0, 0.1) is 0 Å². The normalized spacial score (nSPS) is 11.7. The van der Waals surface area contributed by atoms with Gasteiger partial charge in [0, 0.05) is 27.9 Å². The van der Waals surface area contributed by atoms with E-state index in [0.29, 0.717) is 33.3 Å². The Morgan fingerprint density at radius 1 is 0.745 bits per heavy atom. The van der Waals surface area contributed by atoms with E-state index in [1.165, 1.54) is 17.8 Å². The first-order chi connectivity index (χ1) is 22.8. The largest absolute Gasteiger partial charge is 0.497 e. The van der Waals surface area contributed by atoms with Gasteiger partial charge in [-0.2, -0.15) is 0 Å². The molecule has 0 heterocycles. The molecular weight excluding hydrogens is 653 g/mol. The van der Waals surface area contributed by atoms with Crippen molar-refractivity contribution in [1.29, 1.82) is 0 Å².